The number of hydrogen-bond donors (Lipinski definition) is 0. The second-order valence-electron chi connectivity index (χ2n) is 7.33. The molecule has 0 saturated carbocycles. The van der Waals surface area contributed by atoms with E-state index in [0.29, 0.717) is 24.5 Å². The van der Waals surface area contributed by atoms with Crippen LogP contribution < -0.4 is 4.74 Å². The Hall–Kier alpha value is -3.99. The lowest BCUT2D eigenvalue weighted by Gasteiger charge is -2.10. The molecule has 0 amide bonds. The van der Waals surface area contributed by atoms with Crippen LogP contribution >= 0.6 is 0 Å². The van der Waals surface area contributed by atoms with Crippen molar-refractivity contribution in [2.75, 3.05) is 0 Å². The van der Waals surface area contributed by atoms with Crippen LogP contribution in [0.4, 0.5) is 4.39 Å². The summed E-state index contributed by atoms with van der Waals surface area (Å²) in [5, 5.41) is 0. The van der Waals surface area contributed by atoms with Crippen LogP contribution in [0.3, 0.4) is 0 Å². The first-order valence-corrected chi connectivity index (χ1v) is 10.1. The van der Waals surface area contributed by atoms with E-state index >= 15 is 0 Å². The molecular weight excluding hydrogens is 389 g/mol. The number of nitrogens with zero attached hydrogens (tertiary/aromatic N) is 3. The third-order valence-corrected chi connectivity index (χ3v) is 5.08. The minimum atomic E-state index is -0.319. The Kier molecular flexibility index (Phi) is 5.15. The van der Waals surface area contributed by atoms with Crippen LogP contribution in [0.5, 0.6) is 5.75 Å². The van der Waals surface area contributed by atoms with Gasteiger partial charge < -0.3 is 9.30 Å². The number of halogens is 1. The summed E-state index contributed by atoms with van der Waals surface area (Å²) in [4.78, 5) is 8.99. The summed E-state index contributed by atoms with van der Waals surface area (Å²) >= 11 is 0. The van der Waals surface area contributed by atoms with Crippen molar-refractivity contribution < 1.29 is 9.13 Å². The maximum absolute atomic E-state index is 14.1. The van der Waals surface area contributed by atoms with Gasteiger partial charge >= 0.3 is 0 Å². The predicted octanol–water partition coefficient (Wildman–Crippen LogP) is 5.82. The number of rotatable bonds is 6. The van der Waals surface area contributed by atoms with Crippen LogP contribution in [0, 0.1) is 5.82 Å². The quantitative estimate of drug-likeness (QED) is 0.355. The van der Waals surface area contributed by atoms with Gasteiger partial charge in [-0.1, -0.05) is 54.6 Å². The molecule has 0 radical (unpaired) electrons. The molecule has 2 heterocycles. The highest BCUT2D eigenvalue weighted by atomic mass is 19.1. The van der Waals surface area contributed by atoms with Gasteiger partial charge in [0.15, 0.2) is 5.82 Å². The van der Waals surface area contributed by atoms with Gasteiger partial charge in [0.05, 0.1) is 11.3 Å². The van der Waals surface area contributed by atoms with E-state index in [2.05, 4.69) is 22.1 Å². The molecular formula is C26H20FN3O. The summed E-state index contributed by atoms with van der Waals surface area (Å²) in [7, 11) is 0. The van der Waals surface area contributed by atoms with Crippen LogP contribution in [0.25, 0.3) is 22.8 Å². The van der Waals surface area contributed by atoms with E-state index in [1.165, 1.54) is 6.07 Å². The van der Waals surface area contributed by atoms with E-state index in [-0.39, 0.29) is 5.82 Å². The van der Waals surface area contributed by atoms with Crippen molar-refractivity contribution in [3.63, 3.8) is 0 Å². The SMILES string of the molecule is Fc1ccccc1-c1nc2ccn(Cc3ccc(OCc4ccccc4)cc3)cc-2n1. The number of imidazole rings is 1. The summed E-state index contributed by atoms with van der Waals surface area (Å²) in [6, 6.07) is 26.6. The lowest BCUT2D eigenvalue weighted by Crippen LogP contribution is -2.01. The molecule has 0 fully saturated rings. The third-order valence-electron chi connectivity index (χ3n) is 5.08. The smallest absolute Gasteiger partial charge is 0.163 e. The molecule has 3 aromatic carbocycles. The number of fused-ring (bicyclic) bond motifs is 1. The summed E-state index contributed by atoms with van der Waals surface area (Å²) in [6.07, 6.45) is 3.90. The van der Waals surface area contributed by atoms with Crippen LogP contribution in [-0.4, -0.2) is 14.5 Å². The van der Waals surface area contributed by atoms with Crippen molar-refractivity contribution in [2.24, 2.45) is 0 Å². The van der Waals surface area contributed by atoms with Gasteiger partial charge in [-0.25, -0.2) is 14.4 Å². The second kappa shape index (κ2) is 8.40. The van der Waals surface area contributed by atoms with E-state index < -0.39 is 0 Å². The molecule has 0 aliphatic carbocycles. The van der Waals surface area contributed by atoms with Gasteiger partial charge in [0.1, 0.15) is 23.9 Å². The fourth-order valence-electron chi connectivity index (χ4n) is 3.46. The molecule has 0 atom stereocenters. The predicted molar refractivity (Wildman–Crippen MR) is 118 cm³/mol. The molecule has 5 heteroatoms. The van der Waals surface area contributed by atoms with Gasteiger partial charge in [-0.15, -0.1) is 0 Å². The van der Waals surface area contributed by atoms with E-state index in [4.69, 9.17) is 4.74 Å². The summed E-state index contributed by atoms with van der Waals surface area (Å²) in [5.74, 6) is 0.926. The van der Waals surface area contributed by atoms with E-state index in [9.17, 15) is 4.39 Å². The highest BCUT2D eigenvalue weighted by Crippen LogP contribution is 2.26. The van der Waals surface area contributed by atoms with E-state index in [1.807, 2.05) is 65.5 Å². The molecule has 0 spiro atoms. The van der Waals surface area contributed by atoms with Crippen LogP contribution in [-0.2, 0) is 13.2 Å². The lowest BCUT2D eigenvalue weighted by atomic mass is 10.2. The van der Waals surface area contributed by atoms with Crippen molar-refractivity contribution in [1.29, 1.82) is 0 Å². The standard InChI is InChI=1S/C26H20FN3O/c27-23-9-5-4-8-22(23)26-28-24-14-15-30(17-25(24)29-26)16-19-10-12-21(13-11-19)31-18-20-6-2-1-3-7-20/h1-15,17H,16,18H2. The molecule has 0 aromatic heterocycles. The van der Waals surface area contributed by atoms with Crippen molar-refractivity contribution >= 4 is 0 Å². The van der Waals surface area contributed by atoms with Gasteiger partial charge in [0, 0.05) is 18.9 Å². The number of pyridine rings is 1. The normalized spacial score (nSPS) is 11.0. The van der Waals surface area contributed by atoms with Crippen LogP contribution in [0.15, 0.2) is 97.3 Å². The molecule has 2 aliphatic heterocycles. The number of benzene rings is 3. The fraction of sp³-hybridized carbons (Fsp3) is 0.0769. The summed E-state index contributed by atoms with van der Waals surface area (Å²) in [5.41, 5.74) is 4.19. The Balaban J connectivity index is 1.29. The Labute approximate surface area is 180 Å². The number of hydrogen-bond acceptors (Lipinski definition) is 3. The van der Waals surface area contributed by atoms with E-state index in [1.54, 1.807) is 18.2 Å². The average molecular weight is 409 g/mol. The minimum absolute atomic E-state index is 0.319. The zero-order valence-corrected chi connectivity index (χ0v) is 16.8. The van der Waals surface area contributed by atoms with Gasteiger partial charge in [-0.05, 0) is 41.5 Å². The molecule has 152 valence electrons. The van der Waals surface area contributed by atoms with Gasteiger partial charge in [0.25, 0.3) is 0 Å². The number of aromatic nitrogens is 3. The van der Waals surface area contributed by atoms with Crippen LogP contribution in [0.2, 0.25) is 0 Å². The zero-order valence-electron chi connectivity index (χ0n) is 16.8. The maximum atomic E-state index is 14.1. The van der Waals surface area contributed by atoms with Crippen molar-refractivity contribution in [1.82, 2.24) is 14.5 Å². The molecule has 0 unspecified atom stereocenters. The molecule has 5 rings (SSSR count). The molecule has 0 bridgehead atoms. The Bertz CT molecular complexity index is 1270. The van der Waals surface area contributed by atoms with Crippen molar-refractivity contribution in [3.8, 4) is 28.5 Å². The highest BCUT2D eigenvalue weighted by molar-refractivity contribution is 5.65. The Morgan fingerprint density at radius 1 is 0.742 bits per heavy atom. The van der Waals surface area contributed by atoms with Gasteiger partial charge in [-0.2, -0.15) is 0 Å². The van der Waals surface area contributed by atoms with Gasteiger partial charge in [0.2, 0.25) is 0 Å². The summed E-state index contributed by atoms with van der Waals surface area (Å²) in [6.45, 7) is 1.24. The molecule has 4 nitrogen and oxygen atoms in total. The molecule has 31 heavy (non-hydrogen) atoms. The monoisotopic (exact) mass is 409 g/mol. The molecule has 0 N–H and O–H groups in total. The number of ether oxygens (including phenoxy) is 1. The topological polar surface area (TPSA) is 39.9 Å². The first-order chi connectivity index (χ1) is 15.2. The van der Waals surface area contributed by atoms with Crippen LogP contribution in [0.1, 0.15) is 11.1 Å². The molecule has 3 aromatic rings. The minimum Gasteiger partial charge on any atom is -0.489 e. The Morgan fingerprint density at radius 3 is 2.29 bits per heavy atom. The largest absolute Gasteiger partial charge is 0.489 e. The molecule has 2 aliphatic rings. The van der Waals surface area contributed by atoms with Crippen molar-refractivity contribution in [3.05, 3.63) is 114 Å². The summed E-state index contributed by atoms with van der Waals surface area (Å²) < 4.78 is 22.0. The first-order valence-electron chi connectivity index (χ1n) is 10.1. The lowest BCUT2D eigenvalue weighted by molar-refractivity contribution is 0.306. The van der Waals surface area contributed by atoms with Gasteiger partial charge in [-0.3, -0.25) is 0 Å². The third kappa shape index (κ3) is 4.31. The maximum Gasteiger partial charge on any atom is 0.163 e. The van der Waals surface area contributed by atoms with E-state index in [0.717, 1.165) is 28.3 Å². The molecule has 0 saturated heterocycles. The van der Waals surface area contributed by atoms with Crippen molar-refractivity contribution in [2.45, 2.75) is 13.2 Å². The zero-order chi connectivity index (χ0) is 21.0. The second-order valence-corrected chi connectivity index (χ2v) is 7.33. The highest BCUT2D eigenvalue weighted by Gasteiger charge is 2.15. The first kappa shape index (κ1) is 19.0. The average Bonchev–Trinajstić information content (AvgIpc) is 3.23. The fourth-order valence-corrected chi connectivity index (χ4v) is 3.46. The Morgan fingerprint density at radius 2 is 1.48 bits per heavy atom.